The predicted molar refractivity (Wildman–Crippen MR) is 102 cm³/mol. The number of nitrogens with one attached hydrogen (secondary N) is 2. The zero-order valence-corrected chi connectivity index (χ0v) is 15.3. The van der Waals surface area contributed by atoms with Gasteiger partial charge >= 0.3 is 6.03 Å². The van der Waals surface area contributed by atoms with E-state index in [1.165, 1.54) is 5.56 Å². The van der Waals surface area contributed by atoms with Gasteiger partial charge in [-0.25, -0.2) is 9.78 Å². The fraction of sp³-hybridized carbons (Fsp3) is 0.158. The van der Waals surface area contributed by atoms with Gasteiger partial charge < -0.3 is 15.1 Å². The Bertz CT molecular complexity index is 859. The van der Waals surface area contributed by atoms with Crippen molar-refractivity contribution in [2.75, 3.05) is 11.9 Å². The van der Waals surface area contributed by atoms with Crippen LogP contribution in [0.5, 0.6) is 0 Å². The fourth-order valence-electron chi connectivity index (χ4n) is 2.30. The van der Waals surface area contributed by atoms with Crippen LogP contribution in [0.1, 0.15) is 11.3 Å². The molecule has 25 heavy (non-hydrogen) atoms. The maximum Gasteiger partial charge on any atom is 0.319 e. The van der Waals surface area contributed by atoms with Gasteiger partial charge in [-0.05, 0) is 37.3 Å². The lowest BCUT2D eigenvalue weighted by Gasteiger charge is -2.07. The summed E-state index contributed by atoms with van der Waals surface area (Å²) in [5, 5.41) is 5.59. The Morgan fingerprint density at radius 1 is 1.20 bits per heavy atom. The van der Waals surface area contributed by atoms with Gasteiger partial charge in [-0.1, -0.05) is 39.7 Å². The van der Waals surface area contributed by atoms with Crippen molar-refractivity contribution in [2.24, 2.45) is 0 Å². The molecular weight excluding hydrogens is 382 g/mol. The van der Waals surface area contributed by atoms with Crippen molar-refractivity contribution in [3.63, 3.8) is 0 Å². The van der Waals surface area contributed by atoms with Crippen molar-refractivity contribution in [1.29, 1.82) is 0 Å². The van der Waals surface area contributed by atoms with Crippen molar-refractivity contribution < 1.29 is 9.21 Å². The molecule has 2 aromatic carbocycles. The van der Waals surface area contributed by atoms with Crippen molar-refractivity contribution >= 4 is 27.6 Å². The maximum absolute atomic E-state index is 11.9. The van der Waals surface area contributed by atoms with Crippen LogP contribution < -0.4 is 10.6 Å². The lowest BCUT2D eigenvalue weighted by Crippen LogP contribution is -2.30. The summed E-state index contributed by atoms with van der Waals surface area (Å²) in [6, 6.07) is 15.2. The average Bonchev–Trinajstić information content (AvgIpc) is 3.04. The molecule has 0 spiro atoms. The largest absolute Gasteiger partial charge is 0.444 e. The maximum atomic E-state index is 11.9. The van der Waals surface area contributed by atoms with Gasteiger partial charge in [0.2, 0.25) is 5.89 Å². The monoisotopic (exact) mass is 399 g/mol. The summed E-state index contributed by atoms with van der Waals surface area (Å²) in [7, 11) is 0. The number of hydrogen-bond acceptors (Lipinski definition) is 3. The minimum atomic E-state index is -0.250. The normalized spacial score (nSPS) is 10.5. The number of halogens is 1. The molecule has 6 heteroatoms. The number of amides is 2. The standard InChI is InChI=1S/C19H18BrN3O2/c1-13-5-7-14(8-6-13)18-22-17(12-25-18)9-10-21-19(24)23-16-4-2-3-15(20)11-16/h2-8,11-12H,9-10H2,1H3,(H2,21,23,24). The molecule has 0 bridgehead atoms. The van der Waals surface area contributed by atoms with E-state index in [1.807, 2.05) is 55.5 Å². The van der Waals surface area contributed by atoms with Crippen LogP contribution in [0.3, 0.4) is 0 Å². The first-order chi connectivity index (χ1) is 12.1. The van der Waals surface area contributed by atoms with Crippen LogP contribution in [0.15, 0.2) is 63.7 Å². The molecular formula is C19H18BrN3O2. The molecule has 0 saturated carbocycles. The number of carbonyl (C=O) groups excluding carboxylic acids is 1. The molecule has 128 valence electrons. The molecule has 0 aliphatic heterocycles. The van der Waals surface area contributed by atoms with Crippen LogP contribution in [0.4, 0.5) is 10.5 Å². The number of urea groups is 1. The molecule has 3 rings (SSSR count). The van der Waals surface area contributed by atoms with E-state index in [0.717, 1.165) is 21.4 Å². The summed E-state index contributed by atoms with van der Waals surface area (Å²) in [4.78, 5) is 16.3. The Balaban J connectivity index is 1.49. The molecule has 0 radical (unpaired) electrons. The van der Waals surface area contributed by atoms with Crippen LogP contribution in [0.2, 0.25) is 0 Å². The lowest BCUT2D eigenvalue weighted by molar-refractivity contribution is 0.252. The number of hydrogen-bond donors (Lipinski definition) is 2. The van der Waals surface area contributed by atoms with Gasteiger partial charge in [0.05, 0.1) is 5.69 Å². The van der Waals surface area contributed by atoms with Crippen molar-refractivity contribution in [3.8, 4) is 11.5 Å². The van der Waals surface area contributed by atoms with E-state index in [9.17, 15) is 4.79 Å². The molecule has 0 atom stereocenters. The topological polar surface area (TPSA) is 67.2 Å². The van der Waals surface area contributed by atoms with Crippen LogP contribution in [-0.2, 0) is 6.42 Å². The molecule has 0 unspecified atom stereocenters. The van der Waals surface area contributed by atoms with E-state index in [-0.39, 0.29) is 6.03 Å². The van der Waals surface area contributed by atoms with Crippen molar-refractivity contribution in [1.82, 2.24) is 10.3 Å². The zero-order chi connectivity index (χ0) is 17.6. The van der Waals surface area contributed by atoms with E-state index in [4.69, 9.17) is 4.42 Å². The number of aromatic nitrogens is 1. The second-order valence-corrected chi connectivity index (χ2v) is 6.57. The highest BCUT2D eigenvalue weighted by atomic mass is 79.9. The van der Waals surface area contributed by atoms with Crippen LogP contribution in [0.25, 0.3) is 11.5 Å². The van der Waals surface area contributed by atoms with Gasteiger partial charge in [-0.15, -0.1) is 0 Å². The van der Waals surface area contributed by atoms with Crippen LogP contribution in [-0.4, -0.2) is 17.6 Å². The van der Waals surface area contributed by atoms with E-state index in [2.05, 4.69) is 31.5 Å². The second-order valence-electron chi connectivity index (χ2n) is 5.65. The number of oxazole rings is 1. The summed E-state index contributed by atoms with van der Waals surface area (Å²) >= 11 is 3.37. The Hall–Kier alpha value is -2.60. The minimum absolute atomic E-state index is 0.250. The van der Waals surface area contributed by atoms with Gasteiger partial charge in [0, 0.05) is 28.7 Å². The SMILES string of the molecule is Cc1ccc(-c2nc(CCNC(=O)Nc3cccc(Br)c3)co2)cc1. The van der Waals surface area contributed by atoms with Gasteiger partial charge in [-0.3, -0.25) is 0 Å². The third kappa shape index (κ3) is 4.93. The third-order valence-electron chi connectivity index (χ3n) is 3.60. The van der Waals surface area contributed by atoms with Crippen LogP contribution in [0, 0.1) is 6.92 Å². The second kappa shape index (κ2) is 7.98. The van der Waals surface area contributed by atoms with Crippen molar-refractivity contribution in [3.05, 3.63) is 70.5 Å². The summed E-state index contributed by atoms with van der Waals surface area (Å²) in [6.07, 6.45) is 2.23. The minimum Gasteiger partial charge on any atom is -0.444 e. The molecule has 1 heterocycles. The van der Waals surface area contributed by atoms with Gasteiger partial charge in [0.15, 0.2) is 0 Å². The number of aryl methyl sites for hydroxylation is 1. The quantitative estimate of drug-likeness (QED) is 0.648. The van der Waals surface area contributed by atoms with E-state index in [0.29, 0.717) is 18.9 Å². The first-order valence-electron chi connectivity index (χ1n) is 7.92. The Morgan fingerprint density at radius 2 is 2.00 bits per heavy atom. The van der Waals surface area contributed by atoms with E-state index < -0.39 is 0 Å². The number of anilines is 1. The van der Waals surface area contributed by atoms with E-state index in [1.54, 1.807) is 6.26 Å². The Kier molecular flexibility index (Phi) is 5.50. The molecule has 3 aromatic rings. The zero-order valence-electron chi connectivity index (χ0n) is 13.8. The Labute approximate surface area is 154 Å². The number of nitrogens with zero attached hydrogens (tertiary/aromatic N) is 1. The number of rotatable bonds is 5. The Morgan fingerprint density at radius 3 is 2.76 bits per heavy atom. The number of benzene rings is 2. The molecule has 0 fully saturated rings. The molecule has 5 nitrogen and oxygen atoms in total. The van der Waals surface area contributed by atoms with Gasteiger partial charge in [-0.2, -0.15) is 0 Å². The first-order valence-corrected chi connectivity index (χ1v) is 8.71. The first kappa shape index (κ1) is 17.2. The van der Waals surface area contributed by atoms with Crippen molar-refractivity contribution in [2.45, 2.75) is 13.3 Å². The summed E-state index contributed by atoms with van der Waals surface area (Å²) in [5.41, 5.74) is 3.67. The van der Waals surface area contributed by atoms with Gasteiger partial charge in [0.1, 0.15) is 6.26 Å². The molecule has 1 aromatic heterocycles. The predicted octanol–water partition coefficient (Wildman–Crippen LogP) is 4.78. The highest BCUT2D eigenvalue weighted by Gasteiger charge is 2.07. The van der Waals surface area contributed by atoms with Crippen LogP contribution >= 0.6 is 15.9 Å². The molecule has 2 N–H and O–H groups in total. The summed E-state index contributed by atoms with van der Waals surface area (Å²) in [6.45, 7) is 2.51. The molecule has 0 aliphatic rings. The molecule has 0 aliphatic carbocycles. The molecule has 0 saturated heterocycles. The average molecular weight is 400 g/mol. The highest BCUT2D eigenvalue weighted by molar-refractivity contribution is 9.10. The smallest absolute Gasteiger partial charge is 0.319 e. The molecule has 2 amide bonds. The summed E-state index contributed by atoms with van der Waals surface area (Å²) in [5.74, 6) is 0.591. The fourth-order valence-corrected chi connectivity index (χ4v) is 2.70. The summed E-state index contributed by atoms with van der Waals surface area (Å²) < 4.78 is 6.43. The third-order valence-corrected chi connectivity index (χ3v) is 4.09. The van der Waals surface area contributed by atoms with E-state index >= 15 is 0 Å². The lowest BCUT2D eigenvalue weighted by atomic mass is 10.1. The van der Waals surface area contributed by atoms with Gasteiger partial charge in [0.25, 0.3) is 0 Å². The number of carbonyl (C=O) groups is 1. The highest BCUT2D eigenvalue weighted by Crippen LogP contribution is 2.19.